The molecule has 0 aliphatic heterocycles. The zero-order chi connectivity index (χ0) is 17.1. The lowest BCUT2D eigenvalue weighted by Gasteiger charge is -2.62. The monoisotopic (exact) mass is 332 g/mol. The fraction of sp³-hybridized carbons (Fsp3) is 0.905. The van der Waals surface area contributed by atoms with Crippen molar-refractivity contribution in [2.75, 3.05) is 7.11 Å². The van der Waals surface area contributed by atoms with Gasteiger partial charge in [0.05, 0.1) is 6.10 Å². The lowest BCUT2D eigenvalue weighted by atomic mass is 9.43. The first-order chi connectivity index (χ1) is 11.4. The summed E-state index contributed by atoms with van der Waals surface area (Å²) in [4.78, 5) is 24.7. The van der Waals surface area contributed by atoms with Crippen molar-refractivity contribution in [2.24, 2.45) is 34.5 Å². The molecule has 4 aliphatic rings. The highest BCUT2D eigenvalue weighted by Gasteiger charge is 2.63. The van der Waals surface area contributed by atoms with E-state index in [-0.39, 0.29) is 16.9 Å². The topological polar surface area (TPSA) is 43.4 Å². The fourth-order valence-electron chi connectivity index (χ4n) is 7.56. The second kappa shape index (κ2) is 5.65. The third kappa shape index (κ3) is 2.06. The van der Waals surface area contributed by atoms with Gasteiger partial charge in [-0.05, 0) is 69.1 Å². The minimum Gasteiger partial charge on any atom is -0.381 e. The van der Waals surface area contributed by atoms with Crippen molar-refractivity contribution in [1.29, 1.82) is 0 Å². The summed E-state index contributed by atoms with van der Waals surface area (Å²) in [7, 11) is 1.84. The molecule has 0 bridgehead atoms. The molecule has 0 amide bonds. The number of ketones is 2. The minimum atomic E-state index is -0.0595. The van der Waals surface area contributed by atoms with E-state index < -0.39 is 0 Å². The van der Waals surface area contributed by atoms with E-state index in [1.807, 2.05) is 7.11 Å². The zero-order valence-electron chi connectivity index (χ0n) is 15.5. The van der Waals surface area contributed by atoms with Crippen LogP contribution in [-0.4, -0.2) is 24.8 Å². The third-order valence-electron chi connectivity index (χ3n) is 8.87. The van der Waals surface area contributed by atoms with E-state index in [0.717, 1.165) is 51.4 Å². The second-order valence-electron chi connectivity index (χ2n) is 9.30. The molecule has 0 radical (unpaired) electrons. The molecule has 0 aromatic carbocycles. The maximum Gasteiger partial charge on any atom is 0.139 e. The molecule has 134 valence electrons. The van der Waals surface area contributed by atoms with Crippen LogP contribution < -0.4 is 0 Å². The van der Waals surface area contributed by atoms with Crippen LogP contribution in [0.25, 0.3) is 0 Å². The van der Waals surface area contributed by atoms with Crippen molar-refractivity contribution in [3.8, 4) is 0 Å². The van der Waals surface area contributed by atoms with Gasteiger partial charge in [-0.3, -0.25) is 9.59 Å². The number of ether oxygens (including phenoxy) is 1. The van der Waals surface area contributed by atoms with Gasteiger partial charge in [-0.25, -0.2) is 0 Å². The molecule has 1 unspecified atom stereocenters. The summed E-state index contributed by atoms with van der Waals surface area (Å²) in [5.74, 6) is 3.34. The predicted octanol–water partition coefficient (Wildman–Crippen LogP) is 4.18. The Kier molecular flexibility index (Phi) is 3.95. The molecule has 4 rings (SSSR count). The highest BCUT2D eigenvalue weighted by atomic mass is 16.5. The molecule has 24 heavy (non-hydrogen) atoms. The van der Waals surface area contributed by atoms with E-state index >= 15 is 0 Å². The molecule has 3 nitrogen and oxygen atoms in total. The molecule has 0 N–H and O–H groups in total. The SMILES string of the molecule is COC(C)[C@]12CCC(=O)C[C@H]1CC[C@@H]1[C@@H]2CC[C@]2(C)C(=O)CC[C@@H]12. The van der Waals surface area contributed by atoms with Crippen molar-refractivity contribution < 1.29 is 14.3 Å². The molecule has 0 aromatic heterocycles. The number of carbonyl (C=O) groups excluding carboxylic acids is 2. The maximum absolute atomic E-state index is 12.5. The number of methoxy groups -OCH3 is 1. The molecule has 4 aliphatic carbocycles. The van der Waals surface area contributed by atoms with Gasteiger partial charge in [0, 0.05) is 37.2 Å². The van der Waals surface area contributed by atoms with Crippen LogP contribution >= 0.6 is 0 Å². The third-order valence-corrected chi connectivity index (χ3v) is 8.87. The zero-order valence-corrected chi connectivity index (χ0v) is 15.5. The highest BCUT2D eigenvalue weighted by Crippen LogP contribution is 2.66. The first kappa shape index (κ1) is 16.8. The standard InChI is InChI=1S/C21H32O3/c1-13(24-3)21-11-8-15(22)12-14(21)4-5-16-17-6-7-19(23)20(17,2)10-9-18(16)21/h13-14,16-18H,4-12H2,1-3H3/t13?,14-,16+,17+,18+,20+,21-/m1/s1. The Morgan fingerprint density at radius 3 is 2.58 bits per heavy atom. The van der Waals surface area contributed by atoms with Crippen molar-refractivity contribution in [3.63, 3.8) is 0 Å². The van der Waals surface area contributed by atoms with Crippen molar-refractivity contribution in [3.05, 3.63) is 0 Å². The van der Waals surface area contributed by atoms with E-state index in [2.05, 4.69) is 13.8 Å². The van der Waals surface area contributed by atoms with Crippen molar-refractivity contribution in [2.45, 2.75) is 77.7 Å². The molecule has 0 aromatic rings. The summed E-state index contributed by atoms with van der Waals surface area (Å²) < 4.78 is 5.91. The summed E-state index contributed by atoms with van der Waals surface area (Å²) in [6.07, 6.45) is 9.17. The van der Waals surface area contributed by atoms with Gasteiger partial charge in [-0.1, -0.05) is 6.92 Å². The molecular formula is C21H32O3. The molecule has 7 atom stereocenters. The van der Waals surface area contributed by atoms with Crippen LogP contribution in [0.5, 0.6) is 0 Å². The normalized spacial score (nSPS) is 49.3. The Hall–Kier alpha value is -0.700. The van der Waals surface area contributed by atoms with Gasteiger partial charge >= 0.3 is 0 Å². The predicted molar refractivity (Wildman–Crippen MR) is 92.5 cm³/mol. The Balaban J connectivity index is 1.72. The highest BCUT2D eigenvalue weighted by molar-refractivity contribution is 5.87. The summed E-state index contributed by atoms with van der Waals surface area (Å²) in [6, 6.07) is 0. The summed E-state index contributed by atoms with van der Waals surface area (Å²) in [6.45, 7) is 4.48. The van der Waals surface area contributed by atoms with Gasteiger partial charge in [0.1, 0.15) is 11.6 Å². The minimum absolute atomic E-state index is 0.0595. The number of hydrogen-bond donors (Lipinski definition) is 0. The van der Waals surface area contributed by atoms with Crippen molar-refractivity contribution >= 4 is 11.6 Å². The van der Waals surface area contributed by atoms with E-state index in [1.165, 1.54) is 6.42 Å². The Labute approximate surface area is 145 Å². The van der Waals surface area contributed by atoms with Gasteiger partial charge in [0.25, 0.3) is 0 Å². The van der Waals surface area contributed by atoms with E-state index in [4.69, 9.17) is 4.74 Å². The lowest BCUT2D eigenvalue weighted by molar-refractivity contribution is -0.176. The van der Waals surface area contributed by atoms with Gasteiger partial charge in [0.15, 0.2) is 0 Å². The first-order valence-electron chi connectivity index (χ1n) is 10.0. The fourth-order valence-corrected chi connectivity index (χ4v) is 7.56. The van der Waals surface area contributed by atoms with Crippen LogP contribution in [0, 0.1) is 34.5 Å². The molecule has 0 spiro atoms. The van der Waals surface area contributed by atoms with Crippen LogP contribution in [0.3, 0.4) is 0 Å². The number of hydrogen-bond acceptors (Lipinski definition) is 3. The molecule has 0 saturated heterocycles. The van der Waals surface area contributed by atoms with Crippen LogP contribution in [0.15, 0.2) is 0 Å². The summed E-state index contributed by atoms with van der Waals surface area (Å²) in [5, 5.41) is 0. The Morgan fingerprint density at radius 2 is 1.83 bits per heavy atom. The first-order valence-corrected chi connectivity index (χ1v) is 10.0. The Morgan fingerprint density at radius 1 is 1.04 bits per heavy atom. The quantitative estimate of drug-likeness (QED) is 0.762. The van der Waals surface area contributed by atoms with E-state index in [9.17, 15) is 9.59 Å². The maximum atomic E-state index is 12.5. The van der Waals surface area contributed by atoms with Crippen LogP contribution in [0.2, 0.25) is 0 Å². The molecular weight excluding hydrogens is 300 g/mol. The molecule has 4 saturated carbocycles. The molecule has 0 heterocycles. The summed E-state index contributed by atoms with van der Waals surface area (Å²) in [5.41, 5.74) is 0.106. The van der Waals surface area contributed by atoms with Gasteiger partial charge < -0.3 is 4.74 Å². The van der Waals surface area contributed by atoms with Crippen LogP contribution in [0.1, 0.15) is 71.6 Å². The molecule has 3 heteroatoms. The summed E-state index contributed by atoms with van der Waals surface area (Å²) >= 11 is 0. The second-order valence-corrected chi connectivity index (χ2v) is 9.30. The Bertz CT molecular complexity index is 555. The average Bonchev–Trinajstić information content (AvgIpc) is 2.89. The lowest BCUT2D eigenvalue weighted by Crippen LogP contribution is -2.59. The van der Waals surface area contributed by atoms with Gasteiger partial charge in [-0.15, -0.1) is 0 Å². The smallest absolute Gasteiger partial charge is 0.139 e. The average molecular weight is 332 g/mol. The van der Waals surface area contributed by atoms with Gasteiger partial charge in [-0.2, -0.15) is 0 Å². The number of carbonyl (C=O) groups is 2. The number of fused-ring (bicyclic) bond motifs is 5. The van der Waals surface area contributed by atoms with Crippen LogP contribution in [-0.2, 0) is 14.3 Å². The number of rotatable bonds is 2. The van der Waals surface area contributed by atoms with Crippen LogP contribution in [0.4, 0.5) is 0 Å². The van der Waals surface area contributed by atoms with Gasteiger partial charge in [0.2, 0.25) is 0 Å². The van der Waals surface area contributed by atoms with Crippen molar-refractivity contribution in [1.82, 2.24) is 0 Å². The molecule has 4 fully saturated rings. The number of Topliss-reactive ketones (excluding diaryl/α,β-unsaturated/α-hetero) is 2. The van der Waals surface area contributed by atoms with E-state index in [0.29, 0.717) is 35.2 Å². The largest absolute Gasteiger partial charge is 0.381 e. The van der Waals surface area contributed by atoms with E-state index in [1.54, 1.807) is 0 Å².